The van der Waals surface area contributed by atoms with E-state index in [4.69, 9.17) is 9.52 Å². The smallest absolute Gasteiger partial charge is 0.106 e. The van der Waals surface area contributed by atoms with Crippen LogP contribution in [0.4, 0.5) is 0 Å². The van der Waals surface area contributed by atoms with Crippen molar-refractivity contribution in [2.75, 3.05) is 0 Å². The van der Waals surface area contributed by atoms with Crippen LogP contribution in [0.3, 0.4) is 0 Å². The fourth-order valence-electron chi connectivity index (χ4n) is 0.575. The number of aliphatic hydroxyl groups excluding tert-OH is 1. The number of furan rings is 1. The summed E-state index contributed by atoms with van der Waals surface area (Å²) in [6, 6.07) is 1.76. The van der Waals surface area contributed by atoms with Crippen molar-refractivity contribution in [1.82, 2.24) is 0 Å². The van der Waals surface area contributed by atoms with E-state index in [9.17, 15) is 0 Å². The van der Waals surface area contributed by atoms with E-state index in [0.717, 1.165) is 11.3 Å². The normalized spacial score (nSPS) is 9.50. The highest BCUT2D eigenvalue weighted by Crippen LogP contribution is 2.06. The number of rotatable bonds is 1. The van der Waals surface area contributed by atoms with Gasteiger partial charge in [0.25, 0.3) is 0 Å². The molecule has 0 aromatic carbocycles. The van der Waals surface area contributed by atoms with Crippen LogP contribution in [-0.4, -0.2) is 10.4 Å². The van der Waals surface area contributed by atoms with Gasteiger partial charge in [-0.05, 0) is 18.2 Å². The SMILES string of the molecule is CC(C)S.Cc1occc1CO. The first kappa shape index (κ1) is 11.6. The molecular formula is C9H16O2S. The Hall–Kier alpha value is -0.410. The third-order valence-electron chi connectivity index (χ3n) is 1.14. The van der Waals surface area contributed by atoms with Crippen molar-refractivity contribution in [2.24, 2.45) is 0 Å². The highest BCUT2D eigenvalue weighted by molar-refractivity contribution is 7.80. The summed E-state index contributed by atoms with van der Waals surface area (Å²) >= 11 is 3.97. The second kappa shape index (κ2) is 6.14. The van der Waals surface area contributed by atoms with Crippen molar-refractivity contribution in [3.05, 3.63) is 23.7 Å². The summed E-state index contributed by atoms with van der Waals surface area (Å²) in [6.45, 7) is 5.96. The summed E-state index contributed by atoms with van der Waals surface area (Å²) in [5.41, 5.74) is 0.866. The van der Waals surface area contributed by atoms with E-state index >= 15 is 0 Å². The van der Waals surface area contributed by atoms with Crippen molar-refractivity contribution in [2.45, 2.75) is 32.6 Å². The second-order valence-electron chi connectivity index (χ2n) is 2.75. The Morgan fingerprint density at radius 1 is 1.58 bits per heavy atom. The Kier molecular flexibility index (Phi) is 5.93. The lowest BCUT2D eigenvalue weighted by Crippen LogP contribution is -1.79. The van der Waals surface area contributed by atoms with E-state index in [1.807, 2.05) is 20.8 Å². The molecule has 0 aliphatic heterocycles. The lowest BCUT2D eigenvalue weighted by Gasteiger charge is -1.86. The van der Waals surface area contributed by atoms with Crippen molar-refractivity contribution in [1.29, 1.82) is 0 Å². The zero-order chi connectivity index (χ0) is 9.56. The van der Waals surface area contributed by atoms with Crippen LogP contribution in [0.2, 0.25) is 0 Å². The molecule has 12 heavy (non-hydrogen) atoms. The van der Waals surface area contributed by atoms with Crippen LogP contribution in [0.1, 0.15) is 25.2 Å². The molecule has 0 aliphatic carbocycles. The summed E-state index contributed by atoms with van der Waals surface area (Å²) < 4.78 is 4.90. The zero-order valence-electron chi connectivity index (χ0n) is 7.74. The van der Waals surface area contributed by atoms with Crippen LogP contribution in [-0.2, 0) is 6.61 Å². The lowest BCUT2D eigenvalue weighted by molar-refractivity contribution is 0.279. The molecular weight excluding hydrogens is 172 g/mol. The van der Waals surface area contributed by atoms with Gasteiger partial charge in [0.05, 0.1) is 12.9 Å². The molecule has 0 bridgehead atoms. The molecule has 0 spiro atoms. The topological polar surface area (TPSA) is 33.4 Å². The summed E-state index contributed by atoms with van der Waals surface area (Å²) in [6.07, 6.45) is 1.57. The van der Waals surface area contributed by atoms with Crippen LogP contribution >= 0.6 is 12.6 Å². The molecule has 0 unspecified atom stereocenters. The molecule has 0 amide bonds. The minimum atomic E-state index is 0.0718. The second-order valence-corrected chi connectivity index (χ2v) is 3.79. The summed E-state index contributed by atoms with van der Waals surface area (Å²) in [7, 11) is 0. The van der Waals surface area contributed by atoms with Crippen molar-refractivity contribution < 1.29 is 9.52 Å². The van der Waals surface area contributed by atoms with E-state index in [0.29, 0.717) is 5.25 Å². The van der Waals surface area contributed by atoms with E-state index in [-0.39, 0.29) is 6.61 Å². The molecule has 2 nitrogen and oxygen atoms in total. The molecule has 0 atom stereocenters. The minimum Gasteiger partial charge on any atom is -0.469 e. The average Bonchev–Trinajstić information content (AvgIpc) is 2.33. The molecule has 0 aliphatic rings. The molecule has 0 fully saturated rings. The molecule has 0 saturated heterocycles. The average molecular weight is 188 g/mol. The summed E-state index contributed by atoms with van der Waals surface area (Å²) in [4.78, 5) is 0. The number of aliphatic hydroxyl groups is 1. The molecule has 1 aromatic rings. The highest BCUT2D eigenvalue weighted by Gasteiger charge is 1.95. The summed E-state index contributed by atoms with van der Waals surface area (Å²) in [5, 5.41) is 9.08. The number of hydrogen-bond acceptors (Lipinski definition) is 3. The maximum Gasteiger partial charge on any atom is 0.106 e. The fourth-order valence-corrected chi connectivity index (χ4v) is 0.575. The fraction of sp³-hybridized carbons (Fsp3) is 0.556. The first-order valence-corrected chi connectivity index (χ1v) is 4.41. The highest BCUT2D eigenvalue weighted by atomic mass is 32.1. The van der Waals surface area contributed by atoms with Crippen LogP contribution in [0.5, 0.6) is 0 Å². The first-order chi connectivity index (χ1) is 5.57. The monoisotopic (exact) mass is 188 g/mol. The van der Waals surface area contributed by atoms with Gasteiger partial charge in [-0.3, -0.25) is 0 Å². The third kappa shape index (κ3) is 5.27. The predicted octanol–water partition coefficient (Wildman–Crippen LogP) is 2.40. The largest absolute Gasteiger partial charge is 0.469 e. The van der Waals surface area contributed by atoms with Crippen molar-refractivity contribution in [3.8, 4) is 0 Å². The van der Waals surface area contributed by atoms with Crippen LogP contribution in [0.15, 0.2) is 16.7 Å². The van der Waals surface area contributed by atoms with Gasteiger partial charge in [-0.15, -0.1) is 0 Å². The van der Waals surface area contributed by atoms with Gasteiger partial charge in [-0.1, -0.05) is 13.8 Å². The molecule has 3 heteroatoms. The Bertz CT molecular complexity index is 203. The number of aryl methyl sites for hydroxylation is 1. The van der Waals surface area contributed by atoms with Gasteiger partial charge in [0.1, 0.15) is 5.76 Å². The van der Waals surface area contributed by atoms with Gasteiger partial charge >= 0.3 is 0 Å². The maximum atomic E-state index is 8.55. The quantitative estimate of drug-likeness (QED) is 0.663. The first-order valence-electron chi connectivity index (χ1n) is 3.89. The van der Waals surface area contributed by atoms with Crippen LogP contribution < -0.4 is 0 Å². The summed E-state index contributed by atoms with van der Waals surface area (Å²) in [5.74, 6) is 0.799. The van der Waals surface area contributed by atoms with Gasteiger partial charge < -0.3 is 9.52 Å². The van der Waals surface area contributed by atoms with Gasteiger partial charge in [0.15, 0.2) is 0 Å². The van der Waals surface area contributed by atoms with Gasteiger partial charge in [0, 0.05) is 5.56 Å². The molecule has 1 rings (SSSR count). The molecule has 1 heterocycles. The Morgan fingerprint density at radius 2 is 2.08 bits per heavy atom. The molecule has 0 radical (unpaired) electrons. The van der Waals surface area contributed by atoms with E-state index in [2.05, 4.69) is 12.6 Å². The maximum absolute atomic E-state index is 8.55. The van der Waals surface area contributed by atoms with E-state index in [1.165, 1.54) is 0 Å². The Balaban J connectivity index is 0.000000261. The molecule has 1 N–H and O–H groups in total. The standard InChI is InChI=1S/C6H8O2.C3H8S/c1-5-6(4-7)2-3-8-5;1-3(2)4/h2-3,7H,4H2,1H3;3-4H,1-2H3. The van der Waals surface area contributed by atoms with E-state index in [1.54, 1.807) is 12.3 Å². The van der Waals surface area contributed by atoms with E-state index < -0.39 is 0 Å². The molecule has 70 valence electrons. The van der Waals surface area contributed by atoms with Crippen molar-refractivity contribution in [3.63, 3.8) is 0 Å². The van der Waals surface area contributed by atoms with Crippen molar-refractivity contribution >= 4 is 12.6 Å². The Labute approximate surface area is 79.0 Å². The third-order valence-corrected chi connectivity index (χ3v) is 1.14. The minimum absolute atomic E-state index is 0.0718. The Morgan fingerprint density at radius 3 is 2.25 bits per heavy atom. The number of thiol groups is 1. The van der Waals surface area contributed by atoms with Gasteiger partial charge in [-0.25, -0.2) is 0 Å². The number of hydrogen-bond donors (Lipinski definition) is 2. The molecule has 1 aromatic heterocycles. The van der Waals surface area contributed by atoms with Crippen LogP contribution in [0, 0.1) is 6.92 Å². The van der Waals surface area contributed by atoms with Crippen LogP contribution in [0.25, 0.3) is 0 Å². The lowest BCUT2D eigenvalue weighted by atomic mass is 10.3. The van der Waals surface area contributed by atoms with Gasteiger partial charge in [0.2, 0.25) is 0 Å². The van der Waals surface area contributed by atoms with Gasteiger partial charge in [-0.2, -0.15) is 12.6 Å². The predicted molar refractivity (Wildman–Crippen MR) is 53.5 cm³/mol. The molecule has 0 saturated carbocycles. The zero-order valence-corrected chi connectivity index (χ0v) is 8.64.